The molecule has 3 heteroatoms. The molecule has 0 radical (unpaired) electrons. The maximum Gasteiger partial charge on any atom is 0.231 e. The molecular formula is C12H13NO2. The van der Waals surface area contributed by atoms with Gasteiger partial charge < -0.3 is 9.47 Å². The van der Waals surface area contributed by atoms with Gasteiger partial charge >= 0.3 is 0 Å². The molecule has 1 aromatic rings. The number of benzene rings is 1. The Balaban J connectivity index is 2.13. The number of hydrogen-bond donors (Lipinski definition) is 0. The predicted molar refractivity (Wildman–Crippen MR) is 57.9 cm³/mol. The molecule has 0 atom stereocenters. The molecule has 0 N–H and O–H groups in total. The van der Waals surface area contributed by atoms with Gasteiger partial charge in [0.15, 0.2) is 11.5 Å². The average molecular weight is 203 g/mol. The van der Waals surface area contributed by atoms with Crippen molar-refractivity contribution in [3.63, 3.8) is 0 Å². The molecule has 15 heavy (non-hydrogen) atoms. The van der Waals surface area contributed by atoms with E-state index >= 15 is 0 Å². The van der Waals surface area contributed by atoms with E-state index in [-0.39, 0.29) is 0 Å². The Labute approximate surface area is 88.9 Å². The van der Waals surface area contributed by atoms with Gasteiger partial charge in [-0.15, -0.1) is 0 Å². The van der Waals surface area contributed by atoms with Crippen LogP contribution in [0.2, 0.25) is 0 Å². The van der Waals surface area contributed by atoms with E-state index < -0.39 is 0 Å². The van der Waals surface area contributed by atoms with Crippen LogP contribution in [0.4, 0.5) is 0 Å². The molecule has 0 amide bonds. The molecule has 0 bridgehead atoms. The first-order valence-corrected chi connectivity index (χ1v) is 5.03. The highest BCUT2D eigenvalue weighted by atomic mass is 16.7. The van der Waals surface area contributed by atoms with Gasteiger partial charge in [-0.2, -0.15) is 0 Å². The monoisotopic (exact) mass is 203 g/mol. The second-order valence-electron chi connectivity index (χ2n) is 4.14. The number of rotatable bonds is 0. The Hall–Kier alpha value is -1.48. The van der Waals surface area contributed by atoms with E-state index in [0.717, 1.165) is 30.2 Å². The van der Waals surface area contributed by atoms with Crippen LogP contribution in [0.25, 0.3) is 5.57 Å². The third kappa shape index (κ3) is 1.31. The number of hydrogen-bond acceptors (Lipinski definition) is 3. The largest absolute Gasteiger partial charge is 0.454 e. The first kappa shape index (κ1) is 8.80. The van der Waals surface area contributed by atoms with Crippen LogP contribution in [0.5, 0.6) is 11.5 Å². The molecule has 1 aromatic carbocycles. The Bertz CT molecular complexity index is 439. The van der Waals surface area contributed by atoms with E-state index in [4.69, 9.17) is 9.47 Å². The van der Waals surface area contributed by atoms with Gasteiger partial charge in [0.1, 0.15) is 0 Å². The Kier molecular flexibility index (Phi) is 1.76. The lowest BCUT2D eigenvalue weighted by atomic mass is 9.96. The van der Waals surface area contributed by atoms with E-state index in [1.165, 1.54) is 11.1 Å². The van der Waals surface area contributed by atoms with Gasteiger partial charge in [0.25, 0.3) is 0 Å². The summed E-state index contributed by atoms with van der Waals surface area (Å²) in [7, 11) is 2.10. The number of nitrogens with zero attached hydrogens (tertiary/aromatic N) is 1. The molecule has 0 aliphatic carbocycles. The summed E-state index contributed by atoms with van der Waals surface area (Å²) in [5.41, 5.74) is 3.65. The Morgan fingerprint density at radius 2 is 1.93 bits per heavy atom. The molecule has 0 saturated heterocycles. The van der Waals surface area contributed by atoms with Gasteiger partial charge in [-0.1, -0.05) is 6.58 Å². The molecule has 0 aromatic heterocycles. The van der Waals surface area contributed by atoms with Crippen molar-refractivity contribution in [3.8, 4) is 11.5 Å². The van der Waals surface area contributed by atoms with Crippen LogP contribution in [0.3, 0.4) is 0 Å². The zero-order valence-corrected chi connectivity index (χ0v) is 8.75. The molecule has 0 fully saturated rings. The molecule has 3 rings (SSSR count). The topological polar surface area (TPSA) is 21.7 Å². The van der Waals surface area contributed by atoms with Crippen LogP contribution in [0.1, 0.15) is 11.1 Å². The van der Waals surface area contributed by atoms with Crippen molar-refractivity contribution < 1.29 is 9.47 Å². The molecular weight excluding hydrogens is 190 g/mol. The number of ether oxygens (including phenoxy) is 2. The normalized spacial score (nSPS) is 19.1. The molecule has 78 valence electrons. The van der Waals surface area contributed by atoms with Crippen molar-refractivity contribution in [2.24, 2.45) is 0 Å². The highest BCUT2D eigenvalue weighted by molar-refractivity contribution is 5.72. The molecule has 2 aliphatic rings. The minimum atomic E-state index is 0.334. The smallest absolute Gasteiger partial charge is 0.231 e. The summed E-state index contributed by atoms with van der Waals surface area (Å²) in [6.07, 6.45) is 0. The fourth-order valence-corrected chi connectivity index (χ4v) is 2.20. The molecule has 0 spiro atoms. The van der Waals surface area contributed by atoms with Gasteiger partial charge in [-0.3, -0.25) is 4.90 Å². The molecule has 3 nitrogen and oxygen atoms in total. The van der Waals surface area contributed by atoms with Gasteiger partial charge in [-0.25, -0.2) is 0 Å². The Morgan fingerprint density at radius 3 is 2.73 bits per heavy atom. The molecule has 2 heterocycles. The van der Waals surface area contributed by atoms with E-state index in [9.17, 15) is 0 Å². The van der Waals surface area contributed by atoms with Crippen molar-refractivity contribution >= 4 is 5.57 Å². The maximum atomic E-state index is 5.36. The second kappa shape index (κ2) is 3.00. The van der Waals surface area contributed by atoms with Crippen molar-refractivity contribution in [1.82, 2.24) is 4.90 Å². The fraction of sp³-hybridized carbons (Fsp3) is 0.333. The quantitative estimate of drug-likeness (QED) is 0.642. The van der Waals surface area contributed by atoms with E-state index in [2.05, 4.69) is 24.6 Å². The summed E-state index contributed by atoms with van der Waals surface area (Å²) in [5, 5.41) is 0. The summed E-state index contributed by atoms with van der Waals surface area (Å²) in [6.45, 7) is 6.30. The molecule has 0 saturated carbocycles. The minimum Gasteiger partial charge on any atom is -0.454 e. The summed E-state index contributed by atoms with van der Waals surface area (Å²) in [5.74, 6) is 1.70. The second-order valence-corrected chi connectivity index (χ2v) is 4.14. The van der Waals surface area contributed by atoms with Crippen LogP contribution >= 0.6 is 0 Å². The number of fused-ring (bicyclic) bond motifs is 2. The fourth-order valence-electron chi connectivity index (χ4n) is 2.20. The van der Waals surface area contributed by atoms with Crippen LogP contribution in [0.15, 0.2) is 18.7 Å². The van der Waals surface area contributed by atoms with Gasteiger partial charge in [0.05, 0.1) is 0 Å². The van der Waals surface area contributed by atoms with Gasteiger partial charge in [-0.05, 0) is 35.9 Å². The zero-order chi connectivity index (χ0) is 10.4. The zero-order valence-electron chi connectivity index (χ0n) is 8.75. The van der Waals surface area contributed by atoms with Crippen molar-refractivity contribution in [3.05, 3.63) is 29.8 Å². The lowest BCUT2D eigenvalue weighted by Gasteiger charge is -2.26. The van der Waals surface area contributed by atoms with E-state index in [1.807, 2.05) is 6.07 Å². The standard InChI is InChI=1S/C12H13NO2/c1-8-5-13(2)6-9-3-11-12(4-10(8)9)15-7-14-11/h3-4H,1,5-7H2,2H3. The first-order chi connectivity index (χ1) is 7.24. The van der Waals surface area contributed by atoms with Gasteiger partial charge in [0.2, 0.25) is 6.79 Å². The SMILES string of the molecule is C=C1CN(C)Cc2cc3c(cc21)OCO3. The van der Waals surface area contributed by atoms with Crippen molar-refractivity contribution in [2.75, 3.05) is 20.4 Å². The minimum absolute atomic E-state index is 0.334. The Morgan fingerprint density at radius 1 is 1.20 bits per heavy atom. The third-order valence-electron chi connectivity index (χ3n) is 2.88. The van der Waals surface area contributed by atoms with Crippen molar-refractivity contribution in [1.29, 1.82) is 0 Å². The van der Waals surface area contributed by atoms with Crippen molar-refractivity contribution in [2.45, 2.75) is 6.54 Å². The van der Waals surface area contributed by atoms with E-state index in [1.54, 1.807) is 0 Å². The third-order valence-corrected chi connectivity index (χ3v) is 2.88. The van der Waals surface area contributed by atoms with Gasteiger partial charge in [0, 0.05) is 13.1 Å². The number of likely N-dealkylation sites (N-methyl/N-ethyl adjacent to an activating group) is 1. The first-order valence-electron chi connectivity index (χ1n) is 5.03. The van der Waals surface area contributed by atoms with Crippen LogP contribution < -0.4 is 9.47 Å². The summed E-state index contributed by atoms with van der Waals surface area (Å²) < 4.78 is 10.7. The summed E-state index contributed by atoms with van der Waals surface area (Å²) in [6, 6.07) is 4.12. The van der Waals surface area contributed by atoms with E-state index in [0.29, 0.717) is 6.79 Å². The highest BCUT2D eigenvalue weighted by Gasteiger charge is 2.22. The van der Waals surface area contributed by atoms with Crippen LogP contribution in [-0.4, -0.2) is 25.3 Å². The summed E-state index contributed by atoms with van der Waals surface area (Å²) >= 11 is 0. The molecule has 2 aliphatic heterocycles. The lowest BCUT2D eigenvalue weighted by molar-refractivity contribution is 0.174. The lowest BCUT2D eigenvalue weighted by Crippen LogP contribution is -2.25. The van der Waals surface area contributed by atoms with Crippen LogP contribution in [0, 0.1) is 0 Å². The average Bonchev–Trinajstić information content (AvgIpc) is 2.61. The van der Waals surface area contributed by atoms with Crippen LogP contribution in [-0.2, 0) is 6.54 Å². The predicted octanol–water partition coefficient (Wildman–Crippen LogP) is 1.87. The molecule has 0 unspecified atom stereocenters. The maximum absolute atomic E-state index is 5.36. The highest BCUT2D eigenvalue weighted by Crippen LogP contribution is 2.38. The summed E-state index contributed by atoms with van der Waals surface area (Å²) in [4.78, 5) is 2.24.